The van der Waals surface area contributed by atoms with Gasteiger partial charge in [0.1, 0.15) is 0 Å². The topological polar surface area (TPSA) is 29.5 Å². The van der Waals surface area contributed by atoms with Gasteiger partial charge in [-0.1, -0.05) is 29.8 Å². The van der Waals surface area contributed by atoms with Gasteiger partial charge in [0, 0.05) is 17.5 Å². The quantitative estimate of drug-likeness (QED) is 0.829. The molecule has 1 saturated carbocycles. The number of rotatable bonds is 6. The highest BCUT2D eigenvalue weighted by Crippen LogP contribution is 2.30. The van der Waals surface area contributed by atoms with Crippen molar-refractivity contribution in [2.45, 2.75) is 18.8 Å². The first kappa shape index (κ1) is 11.9. The molecule has 1 aliphatic rings. The molecule has 3 heteroatoms. The van der Waals surface area contributed by atoms with Crippen molar-refractivity contribution in [3.05, 3.63) is 34.9 Å². The van der Waals surface area contributed by atoms with E-state index in [-0.39, 0.29) is 12.5 Å². The van der Waals surface area contributed by atoms with E-state index >= 15 is 0 Å². The molecule has 1 fully saturated rings. The Kier molecular flexibility index (Phi) is 4.22. The minimum atomic E-state index is -0.00699. The lowest BCUT2D eigenvalue weighted by atomic mass is 10.0. The van der Waals surface area contributed by atoms with Crippen molar-refractivity contribution in [3.63, 3.8) is 0 Å². The minimum Gasteiger partial charge on any atom is -0.396 e. The molecule has 16 heavy (non-hydrogen) atoms. The Bertz CT molecular complexity index is 336. The summed E-state index contributed by atoms with van der Waals surface area (Å²) in [6.07, 6.45) is 2.58. The molecule has 0 heterocycles. The largest absolute Gasteiger partial charge is 0.396 e. The summed E-state index contributed by atoms with van der Waals surface area (Å²) >= 11 is 6.08. The van der Waals surface area contributed by atoms with Crippen molar-refractivity contribution in [2.24, 2.45) is 5.92 Å². The van der Waals surface area contributed by atoms with E-state index in [4.69, 9.17) is 16.3 Å². The van der Waals surface area contributed by atoms with E-state index in [0.717, 1.165) is 18.1 Å². The van der Waals surface area contributed by atoms with Gasteiger partial charge in [-0.25, -0.2) is 0 Å². The number of aliphatic hydroxyl groups excluding tert-OH is 1. The summed E-state index contributed by atoms with van der Waals surface area (Å²) in [5, 5.41) is 10.1. The zero-order valence-electron chi connectivity index (χ0n) is 9.23. The summed E-state index contributed by atoms with van der Waals surface area (Å²) in [6, 6.07) is 7.63. The van der Waals surface area contributed by atoms with Crippen LogP contribution in [0.2, 0.25) is 5.02 Å². The lowest BCUT2D eigenvalue weighted by Gasteiger charge is -2.16. The van der Waals surface area contributed by atoms with Gasteiger partial charge < -0.3 is 9.84 Å². The number of hydrogen-bond acceptors (Lipinski definition) is 2. The van der Waals surface area contributed by atoms with Crippen LogP contribution in [0.4, 0.5) is 0 Å². The van der Waals surface area contributed by atoms with E-state index in [1.807, 2.05) is 24.3 Å². The Labute approximate surface area is 101 Å². The molecular weight excluding hydrogens is 224 g/mol. The van der Waals surface area contributed by atoms with Gasteiger partial charge in [0.2, 0.25) is 0 Å². The van der Waals surface area contributed by atoms with E-state index in [2.05, 4.69) is 0 Å². The second kappa shape index (κ2) is 5.67. The Balaban J connectivity index is 1.90. The molecule has 0 radical (unpaired) electrons. The Morgan fingerprint density at radius 3 is 2.75 bits per heavy atom. The summed E-state index contributed by atoms with van der Waals surface area (Å²) in [5.74, 6) is 0.748. The van der Waals surface area contributed by atoms with Crippen molar-refractivity contribution < 1.29 is 9.84 Å². The van der Waals surface area contributed by atoms with Crippen LogP contribution >= 0.6 is 11.6 Å². The van der Waals surface area contributed by atoms with E-state index in [1.165, 1.54) is 12.8 Å². The third kappa shape index (κ3) is 3.21. The van der Waals surface area contributed by atoms with Crippen molar-refractivity contribution in [1.82, 2.24) is 0 Å². The third-order valence-corrected chi connectivity index (χ3v) is 3.28. The molecule has 1 aromatic rings. The molecule has 0 bridgehead atoms. The molecule has 88 valence electrons. The van der Waals surface area contributed by atoms with Crippen LogP contribution in [0.15, 0.2) is 24.3 Å². The van der Waals surface area contributed by atoms with E-state index in [9.17, 15) is 5.11 Å². The van der Waals surface area contributed by atoms with Crippen LogP contribution in [0.3, 0.4) is 0 Å². The maximum Gasteiger partial charge on any atom is 0.0557 e. The average Bonchev–Trinajstić information content (AvgIpc) is 3.10. The second-order valence-corrected chi connectivity index (χ2v) is 4.79. The van der Waals surface area contributed by atoms with Crippen molar-refractivity contribution in [1.29, 1.82) is 0 Å². The summed E-state index contributed by atoms with van der Waals surface area (Å²) < 4.78 is 5.60. The van der Waals surface area contributed by atoms with Gasteiger partial charge in [-0.3, -0.25) is 0 Å². The zero-order chi connectivity index (χ0) is 11.4. The molecule has 2 rings (SSSR count). The number of aliphatic hydroxyl groups is 1. The highest BCUT2D eigenvalue weighted by molar-refractivity contribution is 6.31. The monoisotopic (exact) mass is 240 g/mol. The molecule has 1 unspecified atom stereocenters. The van der Waals surface area contributed by atoms with Gasteiger partial charge in [0.05, 0.1) is 13.2 Å². The lowest BCUT2D eigenvalue weighted by molar-refractivity contribution is 0.0921. The standard InChI is InChI=1S/C13H17ClO2/c14-13-4-2-1-3-12(13)11(7-15)9-16-8-10-5-6-10/h1-4,10-11,15H,5-9H2. The number of ether oxygens (including phenoxy) is 1. The molecule has 1 aliphatic carbocycles. The van der Waals surface area contributed by atoms with Crippen LogP contribution in [0.1, 0.15) is 24.3 Å². The van der Waals surface area contributed by atoms with Gasteiger partial charge in [0.15, 0.2) is 0 Å². The molecule has 1 atom stereocenters. The van der Waals surface area contributed by atoms with Crippen LogP contribution in [-0.4, -0.2) is 24.9 Å². The fourth-order valence-corrected chi connectivity index (χ4v) is 2.00. The molecule has 0 aromatic heterocycles. The summed E-state index contributed by atoms with van der Waals surface area (Å²) in [6.45, 7) is 1.45. The van der Waals surface area contributed by atoms with Crippen molar-refractivity contribution in [2.75, 3.05) is 19.8 Å². The maximum absolute atomic E-state index is 9.35. The first-order valence-electron chi connectivity index (χ1n) is 5.74. The Morgan fingerprint density at radius 1 is 1.38 bits per heavy atom. The maximum atomic E-state index is 9.35. The van der Waals surface area contributed by atoms with Gasteiger partial charge in [-0.05, 0) is 30.4 Å². The molecule has 0 amide bonds. The van der Waals surface area contributed by atoms with Crippen molar-refractivity contribution in [3.8, 4) is 0 Å². The first-order chi connectivity index (χ1) is 7.81. The molecule has 0 spiro atoms. The van der Waals surface area contributed by atoms with Crippen LogP contribution in [-0.2, 0) is 4.74 Å². The average molecular weight is 241 g/mol. The normalized spacial score (nSPS) is 17.4. The van der Waals surface area contributed by atoms with Gasteiger partial charge in [0.25, 0.3) is 0 Å². The molecular formula is C13H17ClO2. The molecule has 1 N–H and O–H groups in total. The van der Waals surface area contributed by atoms with Crippen LogP contribution in [0.5, 0.6) is 0 Å². The fraction of sp³-hybridized carbons (Fsp3) is 0.538. The SMILES string of the molecule is OCC(COCC1CC1)c1ccccc1Cl. The number of hydrogen-bond donors (Lipinski definition) is 1. The van der Waals surface area contributed by atoms with E-state index in [0.29, 0.717) is 11.6 Å². The summed E-state index contributed by atoms with van der Waals surface area (Å²) in [7, 11) is 0. The van der Waals surface area contributed by atoms with Gasteiger partial charge in [-0.15, -0.1) is 0 Å². The molecule has 2 nitrogen and oxygen atoms in total. The predicted octanol–water partition coefficient (Wildman–Crippen LogP) is 2.84. The molecule has 0 saturated heterocycles. The fourth-order valence-electron chi connectivity index (χ4n) is 1.71. The number of halogens is 1. The van der Waals surface area contributed by atoms with Gasteiger partial charge >= 0.3 is 0 Å². The predicted molar refractivity (Wildman–Crippen MR) is 64.8 cm³/mol. The summed E-state index contributed by atoms with van der Waals surface area (Å²) in [5.41, 5.74) is 0.975. The molecule has 1 aromatic carbocycles. The van der Waals surface area contributed by atoms with E-state index in [1.54, 1.807) is 0 Å². The second-order valence-electron chi connectivity index (χ2n) is 4.38. The Morgan fingerprint density at radius 2 is 2.12 bits per heavy atom. The van der Waals surface area contributed by atoms with Crippen LogP contribution < -0.4 is 0 Å². The van der Waals surface area contributed by atoms with Crippen LogP contribution in [0.25, 0.3) is 0 Å². The highest BCUT2D eigenvalue weighted by Gasteiger charge is 2.22. The Hall–Kier alpha value is -0.570. The first-order valence-corrected chi connectivity index (χ1v) is 6.12. The smallest absolute Gasteiger partial charge is 0.0557 e. The number of benzene rings is 1. The third-order valence-electron chi connectivity index (χ3n) is 2.93. The molecule has 0 aliphatic heterocycles. The van der Waals surface area contributed by atoms with Gasteiger partial charge in [-0.2, -0.15) is 0 Å². The van der Waals surface area contributed by atoms with Crippen molar-refractivity contribution >= 4 is 11.6 Å². The zero-order valence-corrected chi connectivity index (χ0v) is 9.99. The summed E-state index contributed by atoms with van der Waals surface area (Å²) in [4.78, 5) is 0. The highest BCUT2D eigenvalue weighted by atomic mass is 35.5. The lowest BCUT2D eigenvalue weighted by Crippen LogP contribution is -2.13. The minimum absolute atomic E-state index is 0.00699. The van der Waals surface area contributed by atoms with Crippen LogP contribution in [0, 0.1) is 5.92 Å². The van der Waals surface area contributed by atoms with E-state index < -0.39 is 0 Å².